The molecule has 1 amide bonds. The van der Waals surface area contributed by atoms with Crippen LogP contribution in [0.3, 0.4) is 0 Å². The summed E-state index contributed by atoms with van der Waals surface area (Å²) in [4.78, 5) is 27.9. The molecule has 1 fully saturated rings. The van der Waals surface area contributed by atoms with Gasteiger partial charge in [0, 0.05) is 38.5 Å². The number of aromatic carboxylic acids is 1. The number of benzene rings is 1. The van der Waals surface area contributed by atoms with E-state index in [0.29, 0.717) is 22.8 Å². The minimum absolute atomic E-state index is 0. The molecule has 0 unspecified atom stereocenters. The number of para-hydroxylation sites is 1. The predicted molar refractivity (Wildman–Crippen MR) is 107 cm³/mol. The van der Waals surface area contributed by atoms with Gasteiger partial charge in [-0.15, -0.1) is 10.2 Å². The number of hydrogen-bond donors (Lipinski definition) is 3. The first kappa shape index (κ1) is 22.3. The number of ether oxygens (including phenoxy) is 1. The van der Waals surface area contributed by atoms with Crippen LogP contribution in [0.25, 0.3) is 11.4 Å². The van der Waals surface area contributed by atoms with E-state index >= 15 is 0 Å². The third kappa shape index (κ3) is 4.85. The van der Waals surface area contributed by atoms with Crippen LogP contribution in [0, 0.1) is 5.92 Å². The van der Waals surface area contributed by atoms with Crippen LogP contribution < -0.4 is 15.4 Å². The zero-order valence-corrected chi connectivity index (χ0v) is 20.0. The molecule has 0 aliphatic heterocycles. The molecular weight excluding hydrogens is 456 g/mol. The van der Waals surface area contributed by atoms with Crippen molar-refractivity contribution in [2.45, 2.75) is 12.8 Å². The molecule has 0 radical (unpaired) electrons. The number of carboxylic acids is 1. The quantitative estimate of drug-likeness (QED) is 0.438. The maximum Gasteiger partial charge on any atom is 0.358 e. The van der Waals surface area contributed by atoms with Crippen molar-refractivity contribution < 1.29 is 38.9 Å². The van der Waals surface area contributed by atoms with Gasteiger partial charge in [-0.25, -0.2) is 9.78 Å². The van der Waals surface area contributed by atoms with Crippen molar-refractivity contribution in [3.05, 3.63) is 36.3 Å². The Morgan fingerprint density at radius 1 is 1.23 bits per heavy atom. The first-order valence-corrected chi connectivity index (χ1v) is 9.18. The van der Waals surface area contributed by atoms with Crippen molar-refractivity contribution in [1.82, 2.24) is 25.0 Å². The summed E-state index contributed by atoms with van der Waals surface area (Å²) < 4.78 is 7.11. The summed E-state index contributed by atoms with van der Waals surface area (Å²) in [5, 5.41) is 27.0. The summed E-state index contributed by atoms with van der Waals surface area (Å²) in [6.45, 7) is 0. The zero-order chi connectivity index (χ0) is 21.3. The van der Waals surface area contributed by atoms with Gasteiger partial charge in [0.1, 0.15) is 6.33 Å². The molecule has 2 aromatic heterocycles. The Labute approximate surface area is 190 Å². The smallest absolute Gasteiger partial charge is 0.358 e. The summed E-state index contributed by atoms with van der Waals surface area (Å²) >= 11 is 0. The van der Waals surface area contributed by atoms with Crippen LogP contribution in [-0.2, 0) is 31.3 Å². The molecule has 31 heavy (non-hydrogen) atoms. The third-order valence-electron chi connectivity index (χ3n) is 4.52. The fraction of sp³-hybridized carbons (Fsp3) is 0.263. The van der Waals surface area contributed by atoms with Gasteiger partial charge in [-0.05, 0) is 25.0 Å². The van der Waals surface area contributed by atoms with Crippen LogP contribution in [0.5, 0.6) is 5.75 Å². The van der Waals surface area contributed by atoms with Crippen LogP contribution in [0.15, 0.2) is 30.6 Å². The van der Waals surface area contributed by atoms with Gasteiger partial charge in [0.25, 0.3) is 0 Å². The number of methoxy groups -OCH3 is 1. The van der Waals surface area contributed by atoms with Gasteiger partial charge in [0.15, 0.2) is 23.1 Å². The number of nitrogens with zero attached hydrogens (tertiary/aromatic N) is 5. The minimum Gasteiger partial charge on any atom is -0.494 e. The second-order valence-corrected chi connectivity index (χ2v) is 6.81. The van der Waals surface area contributed by atoms with Gasteiger partial charge in [-0.3, -0.25) is 9.48 Å². The maximum absolute atomic E-state index is 12.0. The molecule has 3 N–H and O–H groups in total. The Hall–Kier alpha value is -3.40. The van der Waals surface area contributed by atoms with Crippen molar-refractivity contribution in [2.24, 2.45) is 13.0 Å². The summed E-state index contributed by atoms with van der Waals surface area (Å²) in [6.07, 6.45) is 3.24. The summed E-state index contributed by atoms with van der Waals surface area (Å²) in [5.74, 6) is -0.376. The molecule has 0 saturated heterocycles. The number of carbonyl (C=O) groups excluding carboxylic acids is 1. The topological polar surface area (TPSA) is 144 Å². The van der Waals surface area contributed by atoms with Gasteiger partial charge in [0.2, 0.25) is 5.91 Å². The Morgan fingerprint density at radius 3 is 2.61 bits per heavy atom. The van der Waals surface area contributed by atoms with Crippen molar-refractivity contribution in [2.75, 3.05) is 17.7 Å². The van der Waals surface area contributed by atoms with E-state index in [1.807, 2.05) is 0 Å². The van der Waals surface area contributed by atoms with E-state index in [1.54, 1.807) is 36.3 Å². The fourth-order valence-corrected chi connectivity index (χ4v) is 2.92. The van der Waals surface area contributed by atoms with Crippen molar-refractivity contribution >= 4 is 29.1 Å². The van der Waals surface area contributed by atoms with Crippen molar-refractivity contribution in [3.63, 3.8) is 0 Å². The number of anilines is 3. The van der Waals surface area contributed by atoms with Crippen LogP contribution in [0.4, 0.5) is 17.2 Å². The van der Waals surface area contributed by atoms with Crippen molar-refractivity contribution in [1.29, 1.82) is 0 Å². The van der Waals surface area contributed by atoms with Crippen LogP contribution >= 0.6 is 0 Å². The molecule has 1 aliphatic rings. The van der Waals surface area contributed by atoms with E-state index in [0.717, 1.165) is 12.8 Å². The van der Waals surface area contributed by atoms with Crippen molar-refractivity contribution in [3.8, 4) is 17.1 Å². The Kier molecular flexibility index (Phi) is 6.60. The molecule has 12 heteroatoms. The zero-order valence-electron chi connectivity index (χ0n) is 17.0. The molecule has 0 bridgehead atoms. The first-order valence-electron chi connectivity index (χ1n) is 9.18. The van der Waals surface area contributed by atoms with Gasteiger partial charge in [-0.2, -0.15) is 5.10 Å². The molecular formula is C19H19N7O4Zn. The normalized spacial score (nSPS) is 12.6. The second-order valence-electron chi connectivity index (χ2n) is 6.81. The van der Waals surface area contributed by atoms with E-state index in [2.05, 4.69) is 30.9 Å². The van der Waals surface area contributed by atoms with Gasteiger partial charge in [-0.1, -0.05) is 6.07 Å². The van der Waals surface area contributed by atoms with Crippen LogP contribution in [0.2, 0.25) is 0 Å². The largest absolute Gasteiger partial charge is 0.494 e. The van der Waals surface area contributed by atoms with E-state index < -0.39 is 5.97 Å². The Bertz CT molecular complexity index is 1130. The average Bonchev–Trinajstić information content (AvgIpc) is 3.49. The maximum atomic E-state index is 12.0. The second kappa shape index (κ2) is 9.17. The summed E-state index contributed by atoms with van der Waals surface area (Å²) in [5.41, 5.74) is 0.984. The van der Waals surface area contributed by atoms with Gasteiger partial charge < -0.3 is 20.5 Å². The number of rotatable bonds is 7. The first-order chi connectivity index (χ1) is 14.5. The molecule has 3 aromatic rings. The fourth-order valence-electron chi connectivity index (χ4n) is 2.92. The molecule has 4 rings (SSSR count). The van der Waals surface area contributed by atoms with Gasteiger partial charge in [0.05, 0.1) is 24.0 Å². The number of aromatic nitrogens is 5. The Balaban J connectivity index is 0.00000272. The van der Waals surface area contributed by atoms with Crippen LogP contribution in [-0.4, -0.2) is 49.1 Å². The number of carboxylic acid groups (broad SMARTS) is 1. The average molecular weight is 475 g/mol. The number of carbonyl (C=O) groups is 2. The Morgan fingerprint density at radius 2 is 2.00 bits per heavy atom. The van der Waals surface area contributed by atoms with E-state index in [9.17, 15) is 14.7 Å². The molecule has 0 atom stereocenters. The molecule has 11 nitrogen and oxygen atoms in total. The number of hydrogen-bond acceptors (Lipinski definition) is 8. The molecule has 1 aliphatic carbocycles. The van der Waals surface area contributed by atoms with Crippen LogP contribution in [0.1, 0.15) is 23.3 Å². The molecule has 1 aromatic carbocycles. The number of nitrogens with one attached hydrogen (secondary N) is 2. The SMILES string of the molecule is COc1c(Nc2cc(NC(=O)C3CC3)nnc2C(=O)O)cccc1-c1ncn(C)n1.[Zn]. The van der Waals surface area contributed by atoms with E-state index in [1.165, 1.54) is 13.2 Å². The molecule has 1 saturated carbocycles. The van der Waals surface area contributed by atoms with E-state index in [-0.39, 0.29) is 48.5 Å². The predicted octanol–water partition coefficient (Wildman–Crippen LogP) is 2.07. The third-order valence-corrected chi connectivity index (χ3v) is 4.52. The molecule has 156 valence electrons. The summed E-state index contributed by atoms with van der Waals surface area (Å²) in [7, 11) is 3.25. The van der Waals surface area contributed by atoms with E-state index in [4.69, 9.17) is 4.74 Å². The molecule has 2 heterocycles. The standard InChI is InChI=1S/C19H19N7O4.Zn/c1-26-9-20-17(25-26)11-4-3-5-12(16(11)30-2)21-13-8-14(22-18(27)10-6-7-10)23-24-15(13)19(28)29;/h3-5,8-10H,6-7H2,1-2H3,(H,28,29)(H2,21,22,23,27);. The van der Waals surface area contributed by atoms with Gasteiger partial charge >= 0.3 is 5.97 Å². The minimum atomic E-state index is -1.26. The number of aryl methyl sites for hydroxylation is 1. The number of amides is 1. The summed E-state index contributed by atoms with van der Waals surface area (Å²) in [6, 6.07) is 6.71. The molecule has 0 spiro atoms. The monoisotopic (exact) mass is 473 g/mol.